The number of hydrogen-bond donors (Lipinski definition) is 0. The van der Waals surface area contributed by atoms with Crippen LogP contribution in [0.1, 0.15) is 5.56 Å². The topological polar surface area (TPSA) is 12.9 Å². The standard InChI is InChI=1S/C6H6N.Sn.H/c1-6-2-4-7-5-3-6;;/h2,4-5H,1H3;;. The van der Waals surface area contributed by atoms with Gasteiger partial charge >= 0.3 is 62.0 Å². The van der Waals surface area contributed by atoms with Crippen LogP contribution in [0.2, 0.25) is 0 Å². The summed E-state index contributed by atoms with van der Waals surface area (Å²) in [6, 6.07) is 2.04. The van der Waals surface area contributed by atoms with Gasteiger partial charge in [-0.1, -0.05) is 0 Å². The van der Waals surface area contributed by atoms with Crippen molar-refractivity contribution in [2.75, 3.05) is 0 Å². The van der Waals surface area contributed by atoms with Gasteiger partial charge < -0.3 is 0 Å². The SMILES string of the molecule is Cc1ccnc[c]1[SnH]. The molecule has 0 aliphatic heterocycles. The van der Waals surface area contributed by atoms with Gasteiger partial charge in [-0.05, 0) is 0 Å². The summed E-state index contributed by atoms with van der Waals surface area (Å²) in [7, 11) is 0. The second kappa shape index (κ2) is 2.48. The summed E-state index contributed by atoms with van der Waals surface area (Å²) in [5.74, 6) is 0. The number of aromatic nitrogens is 1. The van der Waals surface area contributed by atoms with E-state index in [0.29, 0.717) is 0 Å². The number of nitrogens with zero attached hydrogens (tertiary/aromatic N) is 1. The monoisotopic (exact) mass is 213 g/mol. The molecule has 2 radical (unpaired) electrons. The van der Waals surface area contributed by atoms with Gasteiger partial charge in [-0.25, -0.2) is 0 Å². The van der Waals surface area contributed by atoms with Crippen LogP contribution in [0.25, 0.3) is 0 Å². The fourth-order valence-electron chi connectivity index (χ4n) is 0.476. The quantitative estimate of drug-likeness (QED) is 0.548. The van der Waals surface area contributed by atoms with Gasteiger partial charge in [0.2, 0.25) is 0 Å². The summed E-state index contributed by atoms with van der Waals surface area (Å²) in [5, 5.41) is 0. The number of pyridine rings is 1. The molecule has 0 N–H and O–H groups in total. The van der Waals surface area contributed by atoms with Crippen LogP contribution < -0.4 is 3.58 Å². The van der Waals surface area contributed by atoms with Crippen molar-refractivity contribution in [2.24, 2.45) is 0 Å². The van der Waals surface area contributed by atoms with Gasteiger partial charge in [0.25, 0.3) is 0 Å². The molecule has 0 atom stereocenters. The van der Waals surface area contributed by atoms with Gasteiger partial charge in [0.05, 0.1) is 0 Å². The number of hydrogen-bond acceptors (Lipinski definition) is 1. The van der Waals surface area contributed by atoms with Crippen LogP contribution in [0.15, 0.2) is 18.5 Å². The fraction of sp³-hybridized carbons (Fsp3) is 0.167. The van der Waals surface area contributed by atoms with E-state index in [1.165, 1.54) is 31.7 Å². The normalized spacial score (nSPS) is 9.25. The fourth-order valence-corrected chi connectivity index (χ4v) is 0.996. The van der Waals surface area contributed by atoms with E-state index in [1.807, 2.05) is 18.5 Å². The molecule has 0 fully saturated rings. The molecule has 1 nitrogen and oxygen atoms in total. The molecule has 40 valence electrons. The Morgan fingerprint density at radius 3 is 2.75 bits per heavy atom. The molecule has 0 aromatic carbocycles. The van der Waals surface area contributed by atoms with Crippen LogP contribution in [0.5, 0.6) is 0 Å². The second-order valence-corrected chi connectivity index (χ2v) is 3.51. The van der Waals surface area contributed by atoms with E-state index in [0.717, 1.165) is 0 Å². The summed E-state index contributed by atoms with van der Waals surface area (Å²) in [6.45, 7) is 2.11. The Morgan fingerprint density at radius 1 is 1.62 bits per heavy atom. The average molecular weight is 212 g/mol. The van der Waals surface area contributed by atoms with E-state index in [4.69, 9.17) is 0 Å². The molecular formula is C6H7NSn. The number of rotatable bonds is 0. The summed E-state index contributed by atoms with van der Waals surface area (Å²) >= 11 is 1.17. The second-order valence-electron chi connectivity index (χ2n) is 1.73. The average Bonchev–Trinajstić information content (AvgIpc) is 1.77. The predicted octanol–water partition coefficient (Wildman–Crippen LogP) is -0.0839. The van der Waals surface area contributed by atoms with Crippen LogP contribution >= 0.6 is 0 Å². The van der Waals surface area contributed by atoms with E-state index < -0.39 is 0 Å². The molecule has 0 bridgehead atoms. The van der Waals surface area contributed by atoms with Crippen LogP contribution in [-0.4, -0.2) is 27.5 Å². The van der Waals surface area contributed by atoms with Crippen molar-refractivity contribution in [3.8, 4) is 0 Å². The van der Waals surface area contributed by atoms with Crippen molar-refractivity contribution >= 4 is 26.1 Å². The minimum absolute atomic E-state index is 1.17. The van der Waals surface area contributed by atoms with E-state index in [-0.39, 0.29) is 0 Å². The van der Waals surface area contributed by atoms with Crippen molar-refractivity contribution in [1.29, 1.82) is 0 Å². The number of aryl methyl sites for hydroxylation is 1. The zero-order valence-electron chi connectivity index (χ0n) is 4.76. The van der Waals surface area contributed by atoms with E-state index in [2.05, 4.69) is 11.9 Å². The van der Waals surface area contributed by atoms with Crippen LogP contribution in [0.3, 0.4) is 0 Å². The first-order valence-corrected chi connectivity index (χ1v) is 4.11. The maximum atomic E-state index is 3.98. The summed E-state index contributed by atoms with van der Waals surface area (Å²) < 4.78 is 1.39. The summed E-state index contributed by atoms with van der Waals surface area (Å²) in [5.41, 5.74) is 1.36. The maximum absolute atomic E-state index is 3.98. The predicted molar refractivity (Wildman–Crippen MR) is 35.8 cm³/mol. The third kappa shape index (κ3) is 1.22. The molecule has 0 aliphatic carbocycles. The molecule has 0 saturated heterocycles. The minimum atomic E-state index is 1.17. The molecule has 1 aromatic rings. The van der Waals surface area contributed by atoms with E-state index in [1.54, 1.807) is 0 Å². The Balaban J connectivity index is 3.13. The molecule has 1 heterocycles. The first-order chi connectivity index (χ1) is 3.80. The molecule has 0 unspecified atom stereocenters. The molecular weight excluding hydrogens is 205 g/mol. The summed E-state index contributed by atoms with van der Waals surface area (Å²) in [6.07, 6.45) is 3.76. The van der Waals surface area contributed by atoms with Crippen molar-refractivity contribution in [3.63, 3.8) is 0 Å². The van der Waals surface area contributed by atoms with Gasteiger partial charge in [0.15, 0.2) is 0 Å². The van der Waals surface area contributed by atoms with E-state index in [9.17, 15) is 0 Å². The molecule has 2 heteroatoms. The Bertz CT molecular complexity index is 165. The Hall–Kier alpha value is -0.0513. The Labute approximate surface area is 62.2 Å². The zero-order chi connectivity index (χ0) is 5.98. The molecule has 0 aliphatic rings. The van der Waals surface area contributed by atoms with Crippen LogP contribution in [0, 0.1) is 6.92 Å². The first kappa shape index (κ1) is 6.07. The first-order valence-electron chi connectivity index (χ1n) is 2.47. The van der Waals surface area contributed by atoms with E-state index >= 15 is 0 Å². The van der Waals surface area contributed by atoms with Gasteiger partial charge in [-0.15, -0.1) is 0 Å². The van der Waals surface area contributed by atoms with Crippen molar-refractivity contribution in [3.05, 3.63) is 24.0 Å². The zero-order valence-corrected chi connectivity index (χ0v) is 8.05. The van der Waals surface area contributed by atoms with Gasteiger partial charge in [-0.3, -0.25) is 0 Å². The molecule has 0 spiro atoms. The third-order valence-corrected chi connectivity index (χ3v) is 2.80. The summed E-state index contributed by atoms with van der Waals surface area (Å²) in [4.78, 5) is 3.98. The molecule has 0 amide bonds. The van der Waals surface area contributed by atoms with Gasteiger partial charge in [0.1, 0.15) is 0 Å². The molecule has 1 aromatic heterocycles. The third-order valence-electron chi connectivity index (χ3n) is 1.08. The van der Waals surface area contributed by atoms with Crippen molar-refractivity contribution in [1.82, 2.24) is 4.98 Å². The van der Waals surface area contributed by atoms with Gasteiger partial charge in [-0.2, -0.15) is 0 Å². The van der Waals surface area contributed by atoms with Crippen molar-refractivity contribution in [2.45, 2.75) is 6.92 Å². The van der Waals surface area contributed by atoms with Crippen LogP contribution in [0.4, 0.5) is 0 Å². The molecule has 1 rings (SSSR count). The Kier molecular flexibility index (Phi) is 1.89. The molecule has 8 heavy (non-hydrogen) atoms. The Morgan fingerprint density at radius 2 is 2.38 bits per heavy atom. The van der Waals surface area contributed by atoms with Gasteiger partial charge in [0, 0.05) is 0 Å². The molecule has 0 saturated carbocycles. The van der Waals surface area contributed by atoms with Crippen LogP contribution in [-0.2, 0) is 0 Å². The van der Waals surface area contributed by atoms with Crippen molar-refractivity contribution < 1.29 is 0 Å².